The monoisotopic (exact) mass is 251 g/mol. The van der Waals surface area contributed by atoms with Crippen molar-refractivity contribution in [1.29, 1.82) is 0 Å². The summed E-state index contributed by atoms with van der Waals surface area (Å²) >= 11 is 0. The summed E-state index contributed by atoms with van der Waals surface area (Å²) in [4.78, 5) is 12.3. The third-order valence-electron chi connectivity index (χ3n) is 4.90. The van der Waals surface area contributed by atoms with Gasteiger partial charge in [-0.15, -0.1) is 0 Å². The van der Waals surface area contributed by atoms with Crippen LogP contribution < -0.4 is 5.32 Å². The molecular weight excluding hydrogens is 234 g/mol. The van der Waals surface area contributed by atoms with E-state index in [4.69, 9.17) is 0 Å². The van der Waals surface area contributed by atoms with Gasteiger partial charge in [0.15, 0.2) is 0 Å². The Bertz CT molecular complexity index is 652. The lowest BCUT2D eigenvalue weighted by Gasteiger charge is -2.26. The summed E-state index contributed by atoms with van der Waals surface area (Å²) in [6.07, 6.45) is 4.91. The number of carbonyl (C=O) groups excluding carboxylic acids is 1. The minimum Gasteiger partial charge on any atom is -0.325 e. The standard InChI is InChI=1S/C17H17NO/c19-16(14-11-17(14)9-4-10-17)18-15-8-3-6-12-5-1-2-7-13(12)15/h1-3,5-8,14H,4,9-11H2,(H,18,19). The molecule has 0 aromatic heterocycles. The SMILES string of the molecule is O=C(Nc1cccc2ccccc12)C1CC12CCC2. The van der Waals surface area contributed by atoms with Gasteiger partial charge in [-0.2, -0.15) is 0 Å². The first-order valence-electron chi connectivity index (χ1n) is 7.07. The van der Waals surface area contributed by atoms with E-state index in [1.807, 2.05) is 24.3 Å². The van der Waals surface area contributed by atoms with E-state index in [2.05, 4.69) is 23.5 Å². The van der Waals surface area contributed by atoms with Gasteiger partial charge in [-0.05, 0) is 36.1 Å². The molecule has 0 bridgehead atoms. The Labute approximate surface area is 112 Å². The van der Waals surface area contributed by atoms with Crippen LogP contribution in [0.4, 0.5) is 5.69 Å². The number of benzene rings is 2. The van der Waals surface area contributed by atoms with Gasteiger partial charge in [0.2, 0.25) is 5.91 Å². The van der Waals surface area contributed by atoms with Crippen molar-refractivity contribution in [3.05, 3.63) is 42.5 Å². The number of carbonyl (C=O) groups is 1. The largest absolute Gasteiger partial charge is 0.325 e. The molecule has 96 valence electrons. The van der Waals surface area contributed by atoms with Crippen LogP contribution in [0.3, 0.4) is 0 Å². The molecule has 2 saturated carbocycles. The average Bonchev–Trinajstić information content (AvgIpc) is 3.15. The smallest absolute Gasteiger partial charge is 0.228 e. The summed E-state index contributed by atoms with van der Waals surface area (Å²) in [6, 6.07) is 14.3. The van der Waals surface area contributed by atoms with E-state index in [0.29, 0.717) is 5.41 Å². The fourth-order valence-electron chi connectivity index (χ4n) is 3.46. The van der Waals surface area contributed by atoms with Crippen molar-refractivity contribution in [1.82, 2.24) is 0 Å². The summed E-state index contributed by atoms with van der Waals surface area (Å²) in [5.41, 5.74) is 1.35. The molecule has 19 heavy (non-hydrogen) atoms. The molecule has 1 unspecified atom stereocenters. The lowest BCUT2D eigenvalue weighted by atomic mass is 9.79. The first kappa shape index (κ1) is 11.0. The van der Waals surface area contributed by atoms with Gasteiger partial charge in [-0.1, -0.05) is 42.8 Å². The highest BCUT2D eigenvalue weighted by molar-refractivity contribution is 6.03. The van der Waals surface area contributed by atoms with Gasteiger partial charge < -0.3 is 5.32 Å². The maximum Gasteiger partial charge on any atom is 0.228 e. The molecule has 2 aliphatic rings. The molecular formula is C17H17NO. The summed E-state index contributed by atoms with van der Waals surface area (Å²) < 4.78 is 0. The second-order valence-corrected chi connectivity index (χ2v) is 5.99. The average molecular weight is 251 g/mol. The van der Waals surface area contributed by atoms with Crippen molar-refractivity contribution >= 4 is 22.4 Å². The van der Waals surface area contributed by atoms with Gasteiger partial charge in [-0.3, -0.25) is 4.79 Å². The predicted molar refractivity (Wildman–Crippen MR) is 77.0 cm³/mol. The summed E-state index contributed by atoms with van der Waals surface area (Å²) in [5.74, 6) is 0.483. The van der Waals surface area contributed by atoms with Crippen molar-refractivity contribution in [3.8, 4) is 0 Å². The number of amides is 1. The van der Waals surface area contributed by atoms with Crippen molar-refractivity contribution < 1.29 is 4.79 Å². The van der Waals surface area contributed by atoms with Crippen LogP contribution >= 0.6 is 0 Å². The second-order valence-electron chi connectivity index (χ2n) is 5.99. The Hall–Kier alpha value is -1.83. The van der Waals surface area contributed by atoms with Gasteiger partial charge in [0.25, 0.3) is 0 Å². The van der Waals surface area contributed by atoms with E-state index in [1.54, 1.807) is 0 Å². The van der Waals surface area contributed by atoms with E-state index in [1.165, 1.54) is 24.6 Å². The van der Waals surface area contributed by atoms with Crippen molar-refractivity contribution in [2.45, 2.75) is 25.7 Å². The van der Waals surface area contributed by atoms with Gasteiger partial charge in [0.05, 0.1) is 0 Å². The Morgan fingerprint density at radius 3 is 2.63 bits per heavy atom. The molecule has 0 heterocycles. The minimum atomic E-state index is 0.219. The van der Waals surface area contributed by atoms with Crippen LogP contribution in [-0.4, -0.2) is 5.91 Å². The second kappa shape index (κ2) is 3.83. The first-order valence-corrected chi connectivity index (χ1v) is 7.07. The normalized spacial score (nSPS) is 23.1. The molecule has 1 N–H and O–H groups in total. The Balaban J connectivity index is 1.60. The van der Waals surface area contributed by atoms with Crippen LogP contribution in [0.2, 0.25) is 0 Å². The lowest BCUT2D eigenvalue weighted by molar-refractivity contribution is -0.118. The zero-order chi connectivity index (χ0) is 12.9. The summed E-state index contributed by atoms with van der Waals surface area (Å²) in [5, 5.41) is 5.43. The predicted octanol–water partition coefficient (Wildman–Crippen LogP) is 3.97. The molecule has 2 aromatic carbocycles. The highest BCUT2D eigenvalue weighted by atomic mass is 16.2. The van der Waals surface area contributed by atoms with Gasteiger partial charge >= 0.3 is 0 Å². The summed E-state index contributed by atoms with van der Waals surface area (Å²) in [7, 11) is 0. The van der Waals surface area contributed by atoms with E-state index in [-0.39, 0.29) is 11.8 Å². The molecule has 2 aliphatic carbocycles. The van der Waals surface area contributed by atoms with Crippen LogP contribution in [-0.2, 0) is 4.79 Å². The van der Waals surface area contributed by atoms with E-state index in [9.17, 15) is 4.79 Å². The van der Waals surface area contributed by atoms with E-state index < -0.39 is 0 Å². The fraction of sp³-hybridized carbons (Fsp3) is 0.353. The maximum absolute atomic E-state index is 12.3. The topological polar surface area (TPSA) is 29.1 Å². The molecule has 2 nitrogen and oxygen atoms in total. The molecule has 0 radical (unpaired) electrons. The van der Waals surface area contributed by atoms with Gasteiger partial charge in [0, 0.05) is 17.0 Å². The van der Waals surface area contributed by atoms with E-state index >= 15 is 0 Å². The zero-order valence-electron chi connectivity index (χ0n) is 10.9. The lowest BCUT2D eigenvalue weighted by Crippen LogP contribution is -2.23. The number of anilines is 1. The van der Waals surface area contributed by atoms with Crippen molar-refractivity contribution in [2.75, 3.05) is 5.32 Å². The van der Waals surface area contributed by atoms with Gasteiger partial charge in [0.1, 0.15) is 0 Å². The number of fused-ring (bicyclic) bond motifs is 1. The molecule has 2 heteroatoms. The van der Waals surface area contributed by atoms with Crippen LogP contribution in [0.5, 0.6) is 0 Å². The van der Waals surface area contributed by atoms with Crippen LogP contribution in [0.1, 0.15) is 25.7 Å². The third kappa shape index (κ3) is 1.66. The van der Waals surface area contributed by atoms with Gasteiger partial charge in [-0.25, -0.2) is 0 Å². The third-order valence-corrected chi connectivity index (χ3v) is 4.90. The highest BCUT2D eigenvalue weighted by Crippen LogP contribution is 2.65. The van der Waals surface area contributed by atoms with Crippen molar-refractivity contribution in [2.24, 2.45) is 11.3 Å². The highest BCUT2D eigenvalue weighted by Gasteiger charge is 2.60. The zero-order valence-corrected chi connectivity index (χ0v) is 10.9. The molecule has 1 amide bonds. The van der Waals surface area contributed by atoms with Crippen molar-refractivity contribution in [3.63, 3.8) is 0 Å². The molecule has 2 aromatic rings. The van der Waals surface area contributed by atoms with Crippen LogP contribution in [0.25, 0.3) is 10.8 Å². The summed E-state index contributed by atoms with van der Waals surface area (Å²) in [6.45, 7) is 0. The minimum absolute atomic E-state index is 0.219. The maximum atomic E-state index is 12.3. The first-order chi connectivity index (χ1) is 9.28. The Kier molecular flexibility index (Phi) is 2.22. The number of rotatable bonds is 2. The number of hydrogen-bond donors (Lipinski definition) is 1. The quantitative estimate of drug-likeness (QED) is 0.859. The molecule has 4 rings (SSSR count). The molecule has 0 aliphatic heterocycles. The fourth-order valence-corrected chi connectivity index (χ4v) is 3.46. The van der Waals surface area contributed by atoms with Crippen LogP contribution in [0, 0.1) is 11.3 Å². The Morgan fingerprint density at radius 2 is 1.89 bits per heavy atom. The number of hydrogen-bond acceptors (Lipinski definition) is 1. The van der Waals surface area contributed by atoms with Crippen LogP contribution in [0.15, 0.2) is 42.5 Å². The molecule has 2 fully saturated rings. The Morgan fingerprint density at radius 1 is 1.11 bits per heavy atom. The molecule has 1 atom stereocenters. The molecule has 0 saturated heterocycles. The number of nitrogens with one attached hydrogen (secondary N) is 1. The molecule has 1 spiro atoms. The van der Waals surface area contributed by atoms with E-state index in [0.717, 1.165) is 17.5 Å².